The molecule has 1 fully saturated rings. The quantitative estimate of drug-likeness (QED) is 0.791. The van der Waals surface area contributed by atoms with Crippen LogP contribution in [0.2, 0.25) is 0 Å². The zero-order chi connectivity index (χ0) is 12.3. The highest BCUT2D eigenvalue weighted by molar-refractivity contribution is 5.79. The molecule has 94 valence electrons. The highest BCUT2D eigenvalue weighted by atomic mass is 16.5. The van der Waals surface area contributed by atoms with Crippen molar-refractivity contribution in [2.24, 2.45) is 0 Å². The van der Waals surface area contributed by atoms with Gasteiger partial charge in [0.1, 0.15) is 0 Å². The third-order valence-electron chi connectivity index (χ3n) is 3.25. The number of nitrogens with zero attached hydrogens (tertiary/aromatic N) is 2. The predicted molar refractivity (Wildman–Crippen MR) is 63.7 cm³/mol. The molecule has 5 heteroatoms. The summed E-state index contributed by atoms with van der Waals surface area (Å²) in [6.07, 6.45) is 3.33. The van der Waals surface area contributed by atoms with Gasteiger partial charge >= 0.3 is 5.97 Å². The second kappa shape index (κ2) is 4.87. The maximum absolute atomic E-state index is 12.2. The SMILES string of the molecule is CCOC(=O)C1(n2ccc(C)n2)CCNCC1. The minimum atomic E-state index is -0.616. The van der Waals surface area contributed by atoms with Crippen LogP contribution in [-0.2, 0) is 15.1 Å². The Hall–Kier alpha value is -1.36. The number of hydrogen-bond donors (Lipinski definition) is 1. The van der Waals surface area contributed by atoms with E-state index in [9.17, 15) is 4.79 Å². The molecule has 0 radical (unpaired) electrons. The number of carbonyl (C=O) groups excluding carboxylic acids is 1. The van der Waals surface area contributed by atoms with Gasteiger partial charge in [-0.1, -0.05) is 0 Å². The Morgan fingerprint density at radius 3 is 2.82 bits per heavy atom. The lowest BCUT2D eigenvalue weighted by Gasteiger charge is -2.35. The van der Waals surface area contributed by atoms with Crippen LogP contribution < -0.4 is 5.32 Å². The first-order chi connectivity index (χ1) is 8.19. The Morgan fingerprint density at radius 1 is 1.59 bits per heavy atom. The average molecular weight is 237 g/mol. The van der Waals surface area contributed by atoms with Crippen molar-refractivity contribution in [1.82, 2.24) is 15.1 Å². The number of aromatic nitrogens is 2. The predicted octanol–water partition coefficient (Wildman–Crippen LogP) is 0.833. The van der Waals surface area contributed by atoms with Crippen molar-refractivity contribution in [2.45, 2.75) is 32.2 Å². The maximum Gasteiger partial charge on any atom is 0.334 e. The largest absolute Gasteiger partial charge is 0.464 e. The fraction of sp³-hybridized carbons (Fsp3) is 0.667. The van der Waals surface area contributed by atoms with Gasteiger partial charge < -0.3 is 10.1 Å². The number of hydrogen-bond acceptors (Lipinski definition) is 4. The summed E-state index contributed by atoms with van der Waals surface area (Å²) in [6.45, 7) is 5.81. The zero-order valence-corrected chi connectivity index (χ0v) is 10.4. The second-order valence-corrected chi connectivity index (χ2v) is 4.40. The van der Waals surface area contributed by atoms with Crippen LogP contribution in [0, 0.1) is 6.92 Å². The van der Waals surface area contributed by atoms with Gasteiger partial charge in [0.2, 0.25) is 0 Å². The minimum absolute atomic E-state index is 0.162. The number of carbonyl (C=O) groups is 1. The molecule has 1 aromatic rings. The van der Waals surface area contributed by atoms with Gasteiger partial charge in [0.15, 0.2) is 5.54 Å². The molecule has 1 aliphatic heterocycles. The third kappa shape index (κ3) is 2.20. The Morgan fingerprint density at radius 2 is 2.29 bits per heavy atom. The van der Waals surface area contributed by atoms with Gasteiger partial charge in [0.05, 0.1) is 12.3 Å². The minimum Gasteiger partial charge on any atom is -0.464 e. The van der Waals surface area contributed by atoms with Crippen LogP contribution in [0.4, 0.5) is 0 Å². The average Bonchev–Trinajstić information content (AvgIpc) is 2.77. The summed E-state index contributed by atoms with van der Waals surface area (Å²) in [5.41, 5.74) is 0.308. The third-order valence-corrected chi connectivity index (χ3v) is 3.25. The van der Waals surface area contributed by atoms with Crippen LogP contribution in [0.5, 0.6) is 0 Å². The van der Waals surface area contributed by atoms with Crippen LogP contribution in [0.25, 0.3) is 0 Å². The van der Waals surface area contributed by atoms with Gasteiger partial charge in [-0.15, -0.1) is 0 Å². The number of piperidine rings is 1. The lowest BCUT2D eigenvalue weighted by Crippen LogP contribution is -2.51. The Balaban J connectivity index is 2.32. The molecule has 0 saturated carbocycles. The summed E-state index contributed by atoms with van der Waals surface area (Å²) in [5.74, 6) is -0.162. The molecule has 0 atom stereocenters. The molecule has 0 unspecified atom stereocenters. The normalized spacial score (nSPS) is 18.9. The second-order valence-electron chi connectivity index (χ2n) is 4.40. The standard InChI is InChI=1S/C12H19N3O2/c1-3-17-11(16)12(5-7-13-8-6-12)15-9-4-10(2)14-15/h4,9,13H,3,5-8H2,1-2H3. The Kier molecular flexibility index (Phi) is 3.47. The van der Waals surface area contributed by atoms with Gasteiger partial charge in [0, 0.05) is 6.20 Å². The lowest BCUT2D eigenvalue weighted by atomic mass is 9.88. The summed E-state index contributed by atoms with van der Waals surface area (Å²) in [6, 6.07) is 1.92. The fourth-order valence-corrected chi connectivity index (χ4v) is 2.29. The fourth-order valence-electron chi connectivity index (χ4n) is 2.29. The van der Waals surface area contributed by atoms with E-state index in [2.05, 4.69) is 10.4 Å². The topological polar surface area (TPSA) is 56.2 Å². The van der Waals surface area contributed by atoms with Crippen molar-refractivity contribution in [3.05, 3.63) is 18.0 Å². The van der Waals surface area contributed by atoms with E-state index in [0.717, 1.165) is 31.6 Å². The summed E-state index contributed by atoms with van der Waals surface area (Å²) in [7, 11) is 0. The molecule has 0 aliphatic carbocycles. The van der Waals surface area contributed by atoms with Gasteiger partial charge in [-0.05, 0) is 45.8 Å². The van der Waals surface area contributed by atoms with Gasteiger partial charge in [-0.2, -0.15) is 5.10 Å². The van der Waals surface area contributed by atoms with Crippen LogP contribution >= 0.6 is 0 Å². The molecular formula is C12H19N3O2. The highest BCUT2D eigenvalue weighted by Crippen LogP contribution is 2.28. The van der Waals surface area contributed by atoms with E-state index in [0.29, 0.717) is 6.61 Å². The van der Waals surface area contributed by atoms with E-state index >= 15 is 0 Å². The monoisotopic (exact) mass is 237 g/mol. The first-order valence-corrected chi connectivity index (χ1v) is 6.10. The van der Waals surface area contributed by atoms with Gasteiger partial charge in [-0.25, -0.2) is 4.79 Å². The molecule has 17 heavy (non-hydrogen) atoms. The van der Waals surface area contributed by atoms with Crippen molar-refractivity contribution in [2.75, 3.05) is 19.7 Å². The molecule has 0 amide bonds. The maximum atomic E-state index is 12.2. The Labute approximate surface area is 101 Å². The smallest absolute Gasteiger partial charge is 0.334 e. The first kappa shape index (κ1) is 12.1. The van der Waals surface area contributed by atoms with Crippen LogP contribution in [-0.4, -0.2) is 35.4 Å². The van der Waals surface area contributed by atoms with Crippen LogP contribution in [0.15, 0.2) is 12.3 Å². The molecule has 0 aromatic carbocycles. The summed E-state index contributed by atoms with van der Waals surface area (Å²) < 4.78 is 7.00. The van der Waals surface area contributed by atoms with Crippen LogP contribution in [0.1, 0.15) is 25.5 Å². The molecule has 1 aromatic heterocycles. The number of rotatable bonds is 3. The molecule has 2 heterocycles. The van der Waals surface area contributed by atoms with Crippen molar-refractivity contribution in [3.8, 4) is 0 Å². The van der Waals surface area contributed by atoms with Gasteiger partial charge in [0.25, 0.3) is 0 Å². The summed E-state index contributed by atoms with van der Waals surface area (Å²) in [4.78, 5) is 12.2. The molecule has 1 aliphatic rings. The van der Waals surface area contributed by atoms with E-state index < -0.39 is 5.54 Å². The van der Waals surface area contributed by atoms with Crippen LogP contribution in [0.3, 0.4) is 0 Å². The molecule has 5 nitrogen and oxygen atoms in total. The first-order valence-electron chi connectivity index (χ1n) is 6.10. The highest BCUT2D eigenvalue weighted by Gasteiger charge is 2.43. The molecule has 0 spiro atoms. The van der Waals surface area contributed by atoms with E-state index in [1.165, 1.54) is 0 Å². The number of ether oxygens (including phenoxy) is 1. The van der Waals surface area contributed by atoms with Crippen molar-refractivity contribution in [3.63, 3.8) is 0 Å². The Bertz CT molecular complexity index is 394. The molecule has 1 saturated heterocycles. The number of nitrogens with one attached hydrogen (secondary N) is 1. The van der Waals surface area contributed by atoms with Crippen molar-refractivity contribution < 1.29 is 9.53 Å². The molecular weight excluding hydrogens is 218 g/mol. The summed E-state index contributed by atoms with van der Waals surface area (Å²) in [5, 5.41) is 7.66. The zero-order valence-electron chi connectivity index (χ0n) is 10.4. The van der Waals surface area contributed by atoms with Crippen molar-refractivity contribution >= 4 is 5.97 Å². The lowest BCUT2D eigenvalue weighted by molar-refractivity contribution is -0.156. The van der Waals surface area contributed by atoms with Gasteiger partial charge in [-0.3, -0.25) is 4.68 Å². The van der Waals surface area contributed by atoms with E-state index in [4.69, 9.17) is 4.74 Å². The number of aryl methyl sites for hydroxylation is 1. The van der Waals surface area contributed by atoms with E-state index in [1.54, 1.807) is 4.68 Å². The van der Waals surface area contributed by atoms with Crippen molar-refractivity contribution in [1.29, 1.82) is 0 Å². The molecule has 0 bridgehead atoms. The molecule has 1 N–H and O–H groups in total. The van der Waals surface area contributed by atoms with E-state index in [-0.39, 0.29) is 5.97 Å². The molecule has 2 rings (SSSR count). The summed E-state index contributed by atoms with van der Waals surface area (Å²) >= 11 is 0. The number of esters is 1. The van der Waals surface area contributed by atoms with E-state index in [1.807, 2.05) is 26.1 Å².